The first-order valence-electron chi connectivity index (χ1n) is 19.8. The van der Waals surface area contributed by atoms with Gasteiger partial charge in [-0.25, -0.2) is 4.98 Å². The van der Waals surface area contributed by atoms with Crippen molar-refractivity contribution < 1.29 is 33.4 Å². The first-order chi connectivity index (χ1) is 25.7. The zero-order valence-electron chi connectivity index (χ0n) is 33.8. The van der Waals surface area contributed by atoms with E-state index in [0.717, 1.165) is 45.1 Å². The monoisotopic (exact) mass is 771 g/mol. The second-order valence-electron chi connectivity index (χ2n) is 15.6. The number of nitrogens with one attached hydrogen (secondary N) is 2. The lowest BCUT2D eigenvalue weighted by Gasteiger charge is -2.38. The molecule has 54 heavy (non-hydrogen) atoms. The van der Waals surface area contributed by atoms with Gasteiger partial charge in [-0.05, 0) is 76.3 Å². The van der Waals surface area contributed by atoms with Crippen molar-refractivity contribution in [2.24, 2.45) is 23.7 Å². The van der Waals surface area contributed by atoms with Crippen LogP contribution in [0.15, 0.2) is 30.2 Å². The van der Waals surface area contributed by atoms with E-state index in [1.165, 1.54) is 24.3 Å². The van der Waals surface area contributed by atoms with Crippen LogP contribution in [0.2, 0.25) is 0 Å². The summed E-state index contributed by atoms with van der Waals surface area (Å²) in [6.07, 6.45) is 12.8. The highest BCUT2D eigenvalue weighted by molar-refractivity contribution is 7.09. The molecule has 2 heterocycles. The van der Waals surface area contributed by atoms with E-state index in [9.17, 15) is 24.0 Å². The summed E-state index contributed by atoms with van der Waals surface area (Å²) >= 11 is 1.22. The molecule has 0 spiro atoms. The molecular weight excluding hydrogens is 707 g/mol. The minimum absolute atomic E-state index is 0.0342. The number of hydrogen-bond acceptors (Lipinski definition) is 10. The summed E-state index contributed by atoms with van der Waals surface area (Å²) in [5, 5.41) is 8.33. The number of piperidine rings is 1. The first kappa shape index (κ1) is 44.8. The van der Waals surface area contributed by atoms with Gasteiger partial charge in [0.05, 0.1) is 12.0 Å². The van der Waals surface area contributed by atoms with Crippen molar-refractivity contribution in [3.63, 3.8) is 0 Å². The number of likely N-dealkylation sites (tertiary alicyclic amines) is 1. The fraction of sp³-hybridized carbons (Fsp3) is 0.707. The van der Waals surface area contributed by atoms with Crippen LogP contribution >= 0.6 is 11.3 Å². The summed E-state index contributed by atoms with van der Waals surface area (Å²) in [7, 11) is 3.69. The Morgan fingerprint density at radius 3 is 2.44 bits per heavy atom. The van der Waals surface area contributed by atoms with Crippen LogP contribution in [-0.2, 0) is 28.7 Å². The number of rotatable bonds is 20. The van der Waals surface area contributed by atoms with E-state index in [-0.39, 0.29) is 72.4 Å². The fourth-order valence-electron chi connectivity index (χ4n) is 7.51. The highest BCUT2D eigenvalue weighted by atomic mass is 32.1. The normalized spacial score (nSPS) is 20.8. The maximum atomic E-state index is 14.2. The molecule has 302 valence electrons. The van der Waals surface area contributed by atoms with Crippen LogP contribution in [0.1, 0.15) is 127 Å². The van der Waals surface area contributed by atoms with E-state index in [4.69, 9.17) is 9.47 Å². The number of thiazole rings is 1. The number of likely N-dealkylation sites (N-methyl/N-ethyl adjacent to an activating group) is 2. The lowest BCUT2D eigenvalue weighted by molar-refractivity contribution is -0.149. The van der Waals surface area contributed by atoms with Gasteiger partial charge in [-0.3, -0.25) is 28.9 Å². The van der Waals surface area contributed by atoms with E-state index in [2.05, 4.69) is 39.2 Å². The van der Waals surface area contributed by atoms with Crippen molar-refractivity contribution in [1.29, 1.82) is 0 Å². The van der Waals surface area contributed by atoms with Gasteiger partial charge < -0.3 is 25.0 Å². The summed E-state index contributed by atoms with van der Waals surface area (Å²) in [6.45, 7) is 15.7. The van der Waals surface area contributed by atoms with Crippen molar-refractivity contribution in [3.05, 3.63) is 40.9 Å². The summed E-state index contributed by atoms with van der Waals surface area (Å²) in [4.78, 5) is 74.8. The van der Waals surface area contributed by atoms with Crippen molar-refractivity contribution in [2.45, 2.75) is 136 Å². The number of esters is 2. The molecule has 1 aliphatic carbocycles. The number of ether oxygens (including phenoxy) is 2. The van der Waals surface area contributed by atoms with Gasteiger partial charge in [0, 0.05) is 37.9 Å². The van der Waals surface area contributed by atoms with Crippen LogP contribution in [0.3, 0.4) is 0 Å². The third kappa shape index (κ3) is 13.3. The van der Waals surface area contributed by atoms with Crippen molar-refractivity contribution in [3.8, 4) is 0 Å². The van der Waals surface area contributed by atoms with Crippen LogP contribution in [-0.4, -0.2) is 95.9 Å². The summed E-state index contributed by atoms with van der Waals surface area (Å²) < 4.78 is 11.1. The molecule has 13 heteroatoms. The Labute approximate surface area is 326 Å². The molecule has 0 bridgehead atoms. The van der Waals surface area contributed by atoms with Gasteiger partial charge in [-0.15, -0.1) is 11.3 Å². The molecule has 1 aliphatic heterocycles. The average Bonchev–Trinajstić information content (AvgIpc) is 3.64. The molecule has 3 rings (SSSR count). The average molecular weight is 772 g/mol. The summed E-state index contributed by atoms with van der Waals surface area (Å²) in [5.41, 5.74) is 0.195. The van der Waals surface area contributed by atoms with E-state index in [1.54, 1.807) is 24.3 Å². The molecule has 0 aromatic carbocycles. The lowest BCUT2D eigenvalue weighted by Crippen LogP contribution is -2.58. The largest absolute Gasteiger partial charge is 0.461 e. The number of allylic oxidation sites excluding steroid dienone is 2. The first-order valence-corrected chi connectivity index (χ1v) is 20.7. The van der Waals surface area contributed by atoms with E-state index < -0.39 is 24.0 Å². The van der Waals surface area contributed by atoms with Crippen molar-refractivity contribution in [1.82, 2.24) is 25.4 Å². The molecule has 2 aliphatic rings. The molecule has 0 unspecified atom stereocenters. The quantitative estimate of drug-likeness (QED) is 0.116. The van der Waals surface area contributed by atoms with Gasteiger partial charge in [0.15, 0.2) is 6.10 Å². The van der Waals surface area contributed by atoms with E-state index in [0.29, 0.717) is 30.2 Å². The lowest BCUT2D eigenvalue weighted by atomic mass is 9.86. The Morgan fingerprint density at radius 1 is 1.09 bits per heavy atom. The van der Waals surface area contributed by atoms with Crippen LogP contribution in [0.25, 0.3) is 0 Å². The minimum atomic E-state index is -0.811. The summed E-state index contributed by atoms with van der Waals surface area (Å²) in [6, 6.07) is -1.64. The Kier molecular flexibility index (Phi) is 18.3. The number of nitrogens with zero attached hydrogens (tertiary/aromatic N) is 3. The molecular formula is C41H65N5O7S. The van der Waals surface area contributed by atoms with Gasteiger partial charge >= 0.3 is 11.9 Å². The number of amides is 3. The second kappa shape index (κ2) is 22.1. The topological polar surface area (TPSA) is 147 Å². The molecule has 1 aromatic rings. The smallest absolute Gasteiger partial charge is 0.309 e. The Bertz CT molecular complexity index is 1450. The van der Waals surface area contributed by atoms with Crippen LogP contribution < -0.4 is 10.6 Å². The maximum absolute atomic E-state index is 14.2. The molecule has 0 saturated carbocycles. The van der Waals surface area contributed by atoms with Crippen molar-refractivity contribution >= 4 is 41.0 Å². The van der Waals surface area contributed by atoms with E-state index in [1.807, 2.05) is 34.7 Å². The fourth-order valence-corrected chi connectivity index (χ4v) is 8.35. The number of carbonyl (C=O) groups excluding carboxylic acids is 5. The second-order valence-corrected chi connectivity index (χ2v) is 16.5. The van der Waals surface area contributed by atoms with Gasteiger partial charge in [-0.1, -0.05) is 72.3 Å². The van der Waals surface area contributed by atoms with Gasteiger partial charge in [-0.2, -0.15) is 0 Å². The molecule has 8 atom stereocenters. The van der Waals surface area contributed by atoms with Crippen molar-refractivity contribution in [2.75, 3.05) is 27.2 Å². The number of aromatic nitrogens is 1. The molecule has 1 saturated heterocycles. The highest BCUT2D eigenvalue weighted by Crippen LogP contribution is 2.32. The predicted molar refractivity (Wildman–Crippen MR) is 212 cm³/mol. The Balaban J connectivity index is 1.79. The molecule has 12 nitrogen and oxygen atoms in total. The number of hydrogen-bond donors (Lipinski definition) is 2. The van der Waals surface area contributed by atoms with Crippen LogP contribution in [0.4, 0.5) is 0 Å². The predicted octanol–water partition coefficient (Wildman–Crippen LogP) is 6.24. The maximum Gasteiger partial charge on any atom is 0.309 e. The zero-order valence-corrected chi connectivity index (χ0v) is 34.6. The Hall–Kier alpha value is -3.58. The SMILES string of the molecule is C=CCOC(=O)[C@@H](C)C[C@H](C[C@@H]1CC=CCC1)NC(=O)c1csc([C@@H](C[C@H](C(C)C)N(C)C(=O)[C@@H](NC(=O)[C@H]2CCCCN2C)[C@@H](C)CC)OC(C)=O)n1. The third-order valence-corrected chi connectivity index (χ3v) is 11.9. The van der Waals surface area contributed by atoms with Gasteiger partial charge in [0.1, 0.15) is 23.4 Å². The molecule has 1 fully saturated rings. The molecule has 3 amide bonds. The van der Waals surface area contributed by atoms with Crippen LogP contribution in [0, 0.1) is 23.7 Å². The Morgan fingerprint density at radius 2 is 1.83 bits per heavy atom. The zero-order chi connectivity index (χ0) is 39.9. The van der Waals surface area contributed by atoms with Gasteiger partial charge in [0.2, 0.25) is 11.8 Å². The molecule has 1 aromatic heterocycles. The standard InChI is InChI=1S/C41H65N5O7S/c1-10-21-52-41(51)28(6)22-31(23-30-17-13-12-14-18-30)42-37(48)32-25-54-39(43-32)35(53-29(7)47)24-34(26(3)4)46(9)40(50)36(27(5)11-2)44-38(49)33-19-15-16-20-45(33)8/h10,12-13,25-28,30-31,33-36H,1,11,14-24H2,2-9H3,(H,42,48)(H,44,49)/t27-,28-,30+,31+,33+,34+,35+,36-/m0/s1. The highest BCUT2D eigenvalue weighted by Gasteiger charge is 2.37. The molecule has 0 radical (unpaired) electrons. The van der Waals surface area contributed by atoms with Gasteiger partial charge in [0.25, 0.3) is 5.91 Å². The third-order valence-electron chi connectivity index (χ3n) is 11.0. The van der Waals surface area contributed by atoms with E-state index >= 15 is 0 Å². The molecule has 2 N–H and O–H groups in total. The number of carbonyl (C=O) groups is 5. The summed E-state index contributed by atoms with van der Waals surface area (Å²) in [5.74, 6) is -1.72. The van der Waals surface area contributed by atoms with Crippen LogP contribution in [0.5, 0.6) is 0 Å². The minimum Gasteiger partial charge on any atom is -0.461 e.